The van der Waals surface area contributed by atoms with Gasteiger partial charge >= 0.3 is 0 Å². The Hall–Kier alpha value is -2.64. The van der Waals surface area contributed by atoms with Gasteiger partial charge in [0, 0.05) is 32.1 Å². The molecule has 1 aliphatic rings. The molecule has 7 heteroatoms. The Morgan fingerprint density at radius 3 is 2.77 bits per heavy atom. The zero-order valence-corrected chi connectivity index (χ0v) is 18.8. The zero-order valence-electron chi connectivity index (χ0n) is 18.8. The minimum absolute atomic E-state index is 0.00915. The first-order valence-corrected chi connectivity index (χ1v) is 10.7. The monoisotopic (exact) mass is 428 g/mol. The predicted molar refractivity (Wildman–Crippen MR) is 122 cm³/mol. The van der Waals surface area contributed by atoms with E-state index >= 15 is 0 Å². The van der Waals surface area contributed by atoms with Gasteiger partial charge in [0.15, 0.2) is 5.96 Å². The first-order chi connectivity index (χ1) is 15.0. The second-order valence-electron chi connectivity index (χ2n) is 8.06. The van der Waals surface area contributed by atoms with E-state index in [1.165, 1.54) is 6.07 Å². The summed E-state index contributed by atoms with van der Waals surface area (Å²) >= 11 is 0. The normalized spacial score (nSPS) is 17.6. The van der Waals surface area contributed by atoms with Crippen molar-refractivity contribution >= 4 is 5.96 Å². The Labute approximate surface area is 184 Å². The summed E-state index contributed by atoms with van der Waals surface area (Å²) in [4.78, 5) is 6.40. The summed E-state index contributed by atoms with van der Waals surface area (Å²) in [6, 6.07) is 12.9. The molecule has 168 valence electrons. The molecule has 1 heterocycles. The number of nitrogens with zero attached hydrogens (tertiary/aromatic N) is 2. The van der Waals surface area contributed by atoms with Crippen LogP contribution in [0, 0.1) is 12.7 Å². The van der Waals surface area contributed by atoms with Crippen molar-refractivity contribution < 1.29 is 13.9 Å². The lowest BCUT2D eigenvalue weighted by Gasteiger charge is -2.26. The number of hydrogen-bond acceptors (Lipinski definition) is 4. The fourth-order valence-corrected chi connectivity index (χ4v) is 3.61. The number of aryl methyl sites for hydroxylation is 1. The highest BCUT2D eigenvalue weighted by atomic mass is 19.1. The largest absolute Gasteiger partial charge is 0.488 e. The van der Waals surface area contributed by atoms with Crippen molar-refractivity contribution in [3.8, 4) is 5.75 Å². The summed E-state index contributed by atoms with van der Waals surface area (Å²) in [7, 11) is 5.71. The van der Waals surface area contributed by atoms with Gasteiger partial charge in [-0.25, -0.2) is 4.39 Å². The van der Waals surface area contributed by atoms with Crippen LogP contribution < -0.4 is 15.4 Å². The molecule has 0 aromatic heterocycles. The minimum Gasteiger partial charge on any atom is -0.488 e. The first kappa shape index (κ1) is 23.0. The fraction of sp³-hybridized carbons (Fsp3) is 0.458. The highest BCUT2D eigenvalue weighted by Crippen LogP contribution is 2.24. The van der Waals surface area contributed by atoms with Crippen molar-refractivity contribution in [3.63, 3.8) is 0 Å². The summed E-state index contributed by atoms with van der Waals surface area (Å²) in [5.74, 6) is 1.33. The van der Waals surface area contributed by atoms with Crippen molar-refractivity contribution in [2.75, 3.05) is 40.9 Å². The van der Waals surface area contributed by atoms with Crippen LogP contribution in [0.4, 0.5) is 4.39 Å². The molecule has 0 spiro atoms. The highest BCUT2D eigenvalue weighted by Gasteiger charge is 2.19. The molecular weight excluding hydrogens is 395 g/mol. The van der Waals surface area contributed by atoms with Gasteiger partial charge in [-0.3, -0.25) is 4.99 Å². The van der Waals surface area contributed by atoms with Crippen LogP contribution in [0.3, 0.4) is 0 Å². The molecule has 2 unspecified atom stereocenters. The number of benzene rings is 2. The summed E-state index contributed by atoms with van der Waals surface area (Å²) in [6.07, 6.45) is 1.01. The van der Waals surface area contributed by atoms with E-state index in [1.807, 2.05) is 20.2 Å². The number of guanidine groups is 1. The number of rotatable bonds is 8. The molecule has 0 saturated carbocycles. The van der Waals surface area contributed by atoms with Gasteiger partial charge in [-0.05, 0) is 50.3 Å². The summed E-state index contributed by atoms with van der Waals surface area (Å²) in [5.41, 5.74) is 3.14. The molecular formula is C24H33FN4O2. The SMILES string of the molecule is CN=C(NCc1ccc(C)cc1OC1CCOC1)NCC(c1cccc(F)c1)N(C)C. The van der Waals surface area contributed by atoms with E-state index in [2.05, 4.69) is 45.6 Å². The van der Waals surface area contributed by atoms with E-state index in [-0.39, 0.29) is 18.0 Å². The van der Waals surface area contributed by atoms with Crippen molar-refractivity contribution in [2.24, 2.45) is 4.99 Å². The fourth-order valence-electron chi connectivity index (χ4n) is 3.61. The maximum Gasteiger partial charge on any atom is 0.191 e. The van der Waals surface area contributed by atoms with Gasteiger partial charge in [0.05, 0.1) is 19.3 Å². The van der Waals surface area contributed by atoms with Crippen LogP contribution in [0.1, 0.15) is 29.2 Å². The second-order valence-corrected chi connectivity index (χ2v) is 8.06. The molecule has 1 saturated heterocycles. The van der Waals surface area contributed by atoms with E-state index in [0.29, 0.717) is 25.7 Å². The topological polar surface area (TPSA) is 58.1 Å². The molecule has 1 aliphatic heterocycles. The number of halogens is 1. The van der Waals surface area contributed by atoms with Gasteiger partial charge in [0.25, 0.3) is 0 Å². The van der Waals surface area contributed by atoms with Gasteiger partial charge in [-0.2, -0.15) is 0 Å². The molecule has 0 radical (unpaired) electrons. The lowest BCUT2D eigenvalue weighted by atomic mass is 10.1. The number of likely N-dealkylation sites (N-methyl/N-ethyl adjacent to an activating group) is 1. The molecule has 6 nitrogen and oxygen atoms in total. The van der Waals surface area contributed by atoms with E-state index in [1.54, 1.807) is 19.2 Å². The average Bonchev–Trinajstić information content (AvgIpc) is 3.24. The van der Waals surface area contributed by atoms with E-state index in [9.17, 15) is 4.39 Å². The summed E-state index contributed by atoms with van der Waals surface area (Å²) in [5, 5.41) is 6.72. The molecule has 2 aromatic carbocycles. The number of hydrogen-bond donors (Lipinski definition) is 2. The number of aliphatic imine (C=N–C) groups is 1. The van der Waals surface area contributed by atoms with Crippen molar-refractivity contribution in [2.45, 2.75) is 32.0 Å². The van der Waals surface area contributed by atoms with Gasteiger partial charge < -0.3 is 25.0 Å². The molecule has 2 N–H and O–H groups in total. The van der Waals surface area contributed by atoms with E-state index < -0.39 is 0 Å². The summed E-state index contributed by atoms with van der Waals surface area (Å²) in [6.45, 7) is 4.61. The Morgan fingerprint density at radius 1 is 1.26 bits per heavy atom. The lowest BCUT2D eigenvalue weighted by molar-refractivity contribution is 0.140. The average molecular weight is 429 g/mol. The molecule has 1 fully saturated rings. The Morgan fingerprint density at radius 2 is 2.10 bits per heavy atom. The van der Waals surface area contributed by atoms with Crippen LogP contribution in [-0.2, 0) is 11.3 Å². The smallest absolute Gasteiger partial charge is 0.191 e. The van der Waals surface area contributed by atoms with Crippen LogP contribution in [0.25, 0.3) is 0 Å². The molecule has 2 atom stereocenters. The predicted octanol–water partition coefficient (Wildman–Crippen LogP) is 3.27. The molecule has 0 amide bonds. The van der Waals surface area contributed by atoms with Crippen LogP contribution in [-0.4, -0.2) is 57.9 Å². The summed E-state index contributed by atoms with van der Waals surface area (Å²) < 4.78 is 25.3. The van der Waals surface area contributed by atoms with Gasteiger partial charge in [-0.1, -0.05) is 24.3 Å². The van der Waals surface area contributed by atoms with Gasteiger partial charge in [-0.15, -0.1) is 0 Å². The third-order valence-corrected chi connectivity index (χ3v) is 5.39. The molecule has 0 bridgehead atoms. The Bertz CT molecular complexity index is 882. The standard InChI is InChI=1S/C24H33FN4O2/c1-17-8-9-19(23(12-17)31-21-10-11-30-16-21)14-27-24(26-2)28-15-22(29(3)4)18-6-5-7-20(25)13-18/h5-9,12-13,21-22H,10-11,14-16H2,1-4H3,(H2,26,27,28). The van der Waals surface area contributed by atoms with Crippen LogP contribution in [0.15, 0.2) is 47.5 Å². The quantitative estimate of drug-likeness (QED) is 0.499. The third kappa shape index (κ3) is 6.67. The first-order valence-electron chi connectivity index (χ1n) is 10.7. The maximum atomic E-state index is 13.7. The zero-order chi connectivity index (χ0) is 22.2. The van der Waals surface area contributed by atoms with Gasteiger partial charge in [0.1, 0.15) is 17.7 Å². The van der Waals surface area contributed by atoms with Crippen molar-refractivity contribution in [1.82, 2.24) is 15.5 Å². The lowest BCUT2D eigenvalue weighted by Crippen LogP contribution is -2.41. The number of ether oxygens (including phenoxy) is 2. The third-order valence-electron chi connectivity index (χ3n) is 5.39. The second kappa shape index (κ2) is 11.1. The van der Waals surface area contributed by atoms with Crippen LogP contribution >= 0.6 is 0 Å². The minimum atomic E-state index is -0.230. The Kier molecular flexibility index (Phi) is 8.26. The Balaban J connectivity index is 1.61. The van der Waals surface area contributed by atoms with Crippen LogP contribution in [0.5, 0.6) is 5.75 Å². The van der Waals surface area contributed by atoms with Gasteiger partial charge in [0.2, 0.25) is 0 Å². The van der Waals surface area contributed by atoms with Crippen LogP contribution in [0.2, 0.25) is 0 Å². The van der Waals surface area contributed by atoms with Crippen molar-refractivity contribution in [3.05, 3.63) is 65.0 Å². The molecule has 3 rings (SSSR count). The molecule has 31 heavy (non-hydrogen) atoms. The van der Waals surface area contributed by atoms with E-state index in [0.717, 1.165) is 35.5 Å². The highest BCUT2D eigenvalue weighted by molar-refractivity contribution is 5.79. The van der Waals surface area contributed by atoms with Crippen molar-refractivity contribution in [1.29, 1.82) is 0 Å². The number of nitrogens with one attached hydrogen (secondary N) is 2. The molecule has 0 aliphatic carbocycles. The van der Waals surface area contributed by atoms with E-state index in [4.69, 9.17) is 9.47 Å². The molecule has 2 aromatic rings. The maximum absolute atomic E-state index is 13.7.